The fourth-order valence-corrected chi connectivity index (χ4v) is 2.22. The third-order valence-corrected chi connectivity index (χ3v) is 3.11. The Morgan fingerprint density at radius 1 is 1.39 bits per heavy atom. The Kier molecular flexibility index (Phi) is 4.30. The zero-order valence-electron chi connectivity index (χ0n) is 10.1. The number of esters is 1. The molecule has 0 aliphatic carbocycles. The van der Waals surface area contributed by atoms with Gasteiger partial charge in [-0.05, 0) is 19.1 Å². The van der Waals surface area contributed by atoms with E-state index in [2.05, 4.69) is 4.98 Å². The predicted octanol–water partition coefficient (Wildman–Crippen LogP) is 2.84. The number of thiazole rings is 1. The molecule has 0 amide bonds. The topological polar surface area (TPSA) is 42.4 Å². The smallest absolute Gasteiger partial charge is 0.326 e. The third-order valence-electron chi connectivity index (χ3n) is 2.31. The van der Waals surface area contributed by atoms with Gasteiger partial charge in [0.2, 0.25) is 0 Å². The van der Waals surface area contributed by atoms with E-state index in [1.165, 1.54) is 11.3 Å². The highest BCUT2D eigenvalue weighted by Gasteiger charge is 2.16. The van der Waals surface area contributed by atoms with Crippen LogP contribution in [-0.2, 0) is 9.53 Å². The largest absolute Gasteiger partial charge is 0.465 e. The Morgan fingerprint density at radius 3 is 2.78 bits per heavy atom. The maximum atomic E-state index is 11.6. The maximum Gasteiger partial charge on any atom is 0.326 e. The van der Waals surface area contributed by atoms with Crippen LogP contribution in [0.3, 0.4) is 0 Å². The van der Waals surface area contributed by atoms with Crippen molar-refractivity contribution < 1.29 is 9.53 Å². The van der Waals surface area contributed by atoms with E-state index < -0.39 is 0 Å². The van der Waals surface area contributed by atoms with Crippen LogP contribution in [0.1, 0.15) is 6.92 Å². The number of hydrogen-bond donors (Lipinski definition) is 0. The highest BCUT2D eigenvalue weighted by atomic mass is 32.1. The molecular weight excluding hydrogens is 248 g/mol. The van der Waals surface area contributed by atoms with Crippen molar-refractivity contribution in [3.8, 4) is 0 Å². The molecule has 0 aliphatic heterocycles. The van der Waals surface area contributed by atoms with Gasteiger partial charge in [-0.3, -0.25) is 4.79 Å². The Hall–Kier alpha value is -1.88. The molecule has 0 spiro atoms. The van der Waals surface area contributed by atoms with Gasteiger partial charge in [-0.15, -0.1) is 11.3 Å². The molecule has 1 aromatic carbocycles. The van der Waals surface area contributed by atoms with Gasteiger partial charge in [0.15, 0.2) is 5.13 Å². The van der Waals surface area contributed by atoms with Crippen LogP contribution in [0.4, 0.5) is 10.8 Å². The lowest BCUT2D eigenvalue weighted by molar-refractivity contribution is -0.141. The van der Waals surface area contributed by atoms with Crippen molar-refractivity contribution in [2.75, 3.05) is 18.1 Å². The SMILES string of the molecule is CCOC(=O)CN(c1ccccc1)c1nccs1. The number of hydrogen-bond acceptors (Lipinski definition) is 5. The lowest BCUT2D eigenvalue weighted by Gasteiger charge is -2.20. The van der Waals surface area contributed by atoms with E-state index in [0.29, 0.717) is 6.61 Å². The van der Waals surface area contributed by atoms with E-state index in [4.69, 9.17) is 4.74 Å². The van der Waals surface area contributed by atoms with E-state index in [9.17, 15) is 4.79 Å². The minimum absolute atomic E-state index is 0.172. The molecule has 0 atom stereocenters. The first-order chi connectivity index (χ1) is 8.81. The molecular formula is C13H14N2O2S. The van der Waals surface area contributed by atoms with Crippen LogP contribution in [0.15, 0.2) is 41.9 Å². The highest BCUT2D eigenvalue weighted by molar-refractivity contribution is 7.13. The molecule has 4 nitrogen and oxygen atoms in total. The van der Waals surface area contributed by atoms with E-state index >= 15 is 0 Å². The second-order valence-electron chi connectivity index (χ2n) is 3.54. The van der Waals surface area contributed by atoms with Crippen LogP contribution in [0.25, 0.3) is 0 Å². The van der Waals surface area contributed by atoms with Crippen LogP contribution in [0.5, 0.6) is 0 Å². The second-order valence-corrected chi connectivity index (χ2v) is 4.41. The fraction of sp³-hybridized carbons (Fsp3) is 0.231. The molecule has 2 aromatic rings. The predicted molar refractivity (Wildman–Crippen MR) is 72.2 cm³/mol. The van der Waals surface area contributed by atoms with Crippen LogP contribution in [0.2, 0.25) is 0 Å². The summed E-state index contributed by atoms with van der Waals surface area (Å²) in [6, 6.07) is 9.69. The van der Waals surface area contributed by atoms with Crippen molar-refractivity contribution in [1.82, 2.24) is 4.98 Å². The number of benzene rings is 1. The van der Waals surface area contributed by atoms with Crippen LogP contribution in [0, 0.1) is 0 Å². The van der Waals surface area contributed by atoms with E-state index in [-0.39, 0.29) is 12.5 Å². The highest BCUT2D eigenvalue weighted by Crippen LogP contribution is 2.26. The lowest BCUT2D eigenvalue weighted by atomic mass is 10.3. The Bertz CT molecular complexity index is 485. The van der Waals surface area contributed by atoms with Gasteiger partial charge in [-0.2, -0.15) is 0 Å². The van der Waals surface area contributed by atoms with Gasteiger partial charge in [0.05, 0.1) is 6.61 Å². The second kappa shape index (κ2) is 6.16. The van der Waals surface area contributed by atoms with E-state index in [0.717, 1.165) is 10.8 Å². The molecule has 2 rings (SSSR count). The molecule has 0 radical (unpaired) electrons. The zero-order chi connectivity index (χ0) is 12.8. The molecule has 0 saturated carbocycles. The molecule has 0 saturated heterocycles. The number of carbonyl (C=O) groups is 1. The third kappa shape index (κ3) is 3.07. The van der Waals surface area contributed by atoms with Crippen molar-refractivity contribution in [2.24, 2.45) is 0 Å². The molecule has 1 heterocycles. The first-order valence-electron chi connectivity index (χ1n) is 5.69. The van der Waals surface area contributed by atoms with Gasteiger partial charge in [0.1, 0.15) is 6.54 Å². The van der Waals surface area contributed by atoms with Crippen molar-refractivity contribution >= 4 is 28.1 Å². The summed E-state index contributed by atoms with van der Waals surface area (Å²) in [7, 11) is 0. The molecule has 0 bridgehead atoms. The average Bonchev–Trinajstić information content (AvgIpc) is 2.91. The minimum atomic E-state index is -0.253. The first kappa shape index (κ1) is 12.6. The van der Waals surface area contributed by atoms with Gasteiger partial charge in [0, 0.05) is 17.3 Å². The van der Waals surface area contributed by atoms with Crippen molar-refractivity contribution in [1.29, 1.82) is 0 Å². The van der Waals surface area contributed by atoms with E-state index in [1.807, 2.05) is 40.6 Å². The summed E-state index contributed by atoms with van der Waals surface area (Å²) in [5.41, 5.74) is 0.931. The maximum absolute atomic E-state index is 11.6. The van der Waals surface area contributed by atoms with Gasteiger partial charge >= 0.3 is 5.97 Å². The monoisotopic (exact) mass is 262 g/mol. The zero-order valence-corrected chi connectivity index (χ0v) is 10.9. The first-order valence-corrected chi connectivity index (χ1v) is 6.57. The van der Waals surface area contributed by atoms with Gasteiger partial charge < -0.3 is 9.64 Å². The van der Waals surface area contributed by atoms with Gasteiger partial charge in [-0.1, -0.05) is 18.2 Å². The number of para-hydroxylation sites is 1. The summed E-state index contributed by atoms with van der Waals surface area (Å²) in [5.74, 6) is -0.253. The van der Waals surface area contributed by atoms with Gasteiger partial charge in [-0.25, -0.2) is 4.98 Å². The summed E-state index contributed by atoms with van der Waals surface area (Å²) < 4.78 is 4.99. The quantitative estimate of drug-likeness (QED) is 0.777. The molecule has 0 fully saturated rings. The fourth-order valence-electron chi connectivity index (χ4n) is 1.56. The molecule has 0 aliphatic rings. The standard InChI is InChI=1S/C13H14N2O2S/c1-2-17-12(16)10-15(13-14-8-9-18-13)11-6-4-3-5-7-11/h3-9H,2,10H2,1H3. The molecule has 5 heteroatoms. The number of aromatic nitrogens is 1. The summed E-state index contributed by atoms with van der Waals surface area (Å²) >= 11 is 1.49. The minimum Gasteiger partial charge on any atom is -0.465 e. The van der Waals surface area contributed by atoms with Crippen molar-refractivity contribution in [3.05, 3.63) is 41.9 Å². The normalized spacial score (nSPS) is 10.1. The summed E-state index contributed by atoms with van der Waals surface area (Å²) in [5, 5.41) is 2.67. The summed E-state index contributed by atoms with van der Waals surface area (Å²) in [4.78, 5) is 17.7. The number of nitrogens with zero attached hydrogens (tertiary/aromatic N) is 2. The number of ether oxygens (including phenoxy) is 1. The van der Waals surface area contributed by atoms with Crippen LogP contribution >= 0.6 is 11.3 Å². The Labute approximate surface area is 110 Å². The van der Waals surface area contributed by atoms with E-state index in [1.54, 1.807) is 13.1 Å². The van der Waals surface area contributed by atoms with Crippen LogP contribution < -0.4 is 4.90 Å². The molecule has 0 N–H and O–H groups in total. The average molecular weight is 262 g/mol. The van der Waals surface area contributed by atoms with Gasteiger partial charge in [0.25, 0.3) is 0 Å². The molecule has 0 unspecified atom stereocenters. The number of rotatable bonds is 5. The van der Waals surface area contributed by atoms with Crippen LogP contribution in [-0.4, -0.2) is 24.1 Å². The lowest BCUT2D eigenvalue weighted by Crippen LogP contribution is -2.26. The molecule has 94 valence electrons. The number of anilines is 2. The summed E-state index contributed by atoms with van der Waals surface area (Å²) in [6.45, 7) is 2.36. The molecule has 18 heavy (non-hydrogen) atoms. The van der Waals surface area contributed by atoms with Crippen molar-refractivity contribution in [2.45, 2.75) is 6.92 Å². The van der Waals surface area contributed by atoms with Crippen molar-refractivity contribution in [3.63, 3.8) is 0 Å². The number of carbonyl (C=O) groups excluding carboxylic acids is 1. The molecule has 1 aromatic heterocycles. The summed E-state index contributed by atoms with van der Waals surface area (Å²) in [6.07, 6.45) is 1.72. The Balaban J connectivity index is 2.22. The Morgan fingerprint density at radius 2 is 2.17 bits per heavy atom.